The van der Waals surface area contributed by atoms with E-state index < -0.39 is 0 Å². The lowest BCUT2D eigenvalue weighted by Gasteiger charge is -2.18. The second-order valence-electron chi connectivity index (χ2n) is 16.7. The molecule has 0 spiro atoms. The Balaban J connectivity index is 0.000000127. The molecule has 282 valence electrons. The number of aromatic nitrogens is 3. The summed E-state index contributed by atoms with van der Waals surface area (Å²) >= 11 is 0. The fraction of sp³-hybridized carbons (Fsp3) is 0.365. The molecular formula is C52H62N3+3. The highest BCUT2D eigenvalue weighted by atomic mass is 14.9. The molecule has 6 aromatic rings. The number of benzene rings is 3. The highest BCUT2D eigenvalue weighted by Gasteiger charge is 2.25. The summed E-state index contributed by atoms with van der Waals surface area (Å²) in [4.78, 5) is 0. The van der Waals surface area contributed by atoms with Gasteiger partial charge in [0, 0.05) is 51.6 Å². The van der Waals surface area contributed by atoms with E-state index in [4.69, 9.17) is 0 Å². The molecule has 9 rings (SSSR count). The smallest absolute Gasteiger partial charge is 0.201 e. The van der Waals surface area contributed by atoms with E-state index in [1.165, 1.54) is 137 Å². The van der Waals surface area contributed by atoms with Crippen molar-refractivity contribution in [3.63, 3.8) is 0 Å². The van der Waals surface area contributed by atoms with E-state index in [2.05, 4.69) is 168 Å². The molecule has 0 fully saturated rings. The van der Waals surface area contributed by atoms with Gasteiger partial charge in [-0.05, 0) is 157 Å². The van der Waals surface area contributed by atoms with Crippen LogP contribution in [0.1, 0.15) is 92.4 Å². The van der Waals surface area contributed by atoms with Gasteiger partial charge in [0.1, 0.15) is 21.1 Å². The van der Waals surface area contributed by atoms with Gasteiger partial charge in [-0.15, -0.1) is 0 Å². The van der Waals surface area contributed by atoms with E-state index in [0.29, 0.717) is 0 Å². The number of aryl methyl sites for hydroxylation is 13. The van der Waals surface area contributed by atoms with E-state index in [1.54, 1.807) is 27.8 Å². The maximum atomic E-state index is 2.39. The van der Waals surface area contributed by atoms with Crippen LogP contribution in [0.5, 0.6) is 0 Å². The maximum absolute atomic E-state index is 2.39. The number of hydrogen-bond acceptors (Lipinski definition) is 0. The normalized spacial score (nSPS) is 13.9. The molecule has 0 bridgehead atoms. The minimum Gasteiger partial charge on any atom is -0.201 e. The van der Waals surface area contributed by atoms with Crippen molar-refractivity contribution in [2.45, 2.75) is 106 Å². The predicted molar refractivity (Wildman–Crippen MR) is 228 cm³/mol. The van der Waals surface area contributed by atoms with Crippen LogP contribution in [0.3, 0.4) is 0 Å². The third kappa shape index (κ3) is 8.23. The molecule has 55 heavy (non-hydrogen) atoms. The molecule has 0 amide bonds. The summed E-state index contributed by atoms with van der Waals surface area (Å²) in [7, 11) is 6.49. The fourth-order valence-electron chi connectivity index (χ4n) is 9.49. The van der Waals surface area contributed by atoms with Gasteiger partial charge in [-0.2, -0.15) is 0 Å². The molecule has 3 aromatic carbocycles. The zero-order valence-corrected chi connectivity index (χ0v) is 35.1. The Morgan fingerprint density at radius 1 is 0.382 bits per heavy atom. The third-order valence-electron chi connectivity index (χ3n) is 12.3. The minimum absolute atomic E-state index is 1.23. The molecule has 0 radical (unpaired) electrons. The Labute approximate surface area is 331 Å². The summed E-state index contributed by atoms with van der Waals surface area (Å²) in [6, 6.07) is 27.3. The van der Waals surface area contributed by atoms with Gasteiger partial charge in [-0.25, -0.2) is 13.7 Å². The van der Waals surface area contributed by atoms with Crippen LogP contribution in [0, 0.1) is 41.5 Å². The van der Waals surface area contributed by atoms with Gasteiger partial charge < -0.3 is 0 Å². The first-order valence-corrected chi connectivity index (χ1v) is 20.7. The topological polar surface area (TPSA) is 11.6 Å². The summed E-state index contributed by atoms with van der Waals surface area (Å²) in [6.45, 7) is 13.1. The van der Waals surface area contributed by atoms with Gasteiger partial charge in [-0.3, -0.25) is 0 Å². The largest absolute Gasteiger partial charge is 0.216 e. The summed E-state index contributed by atoms with van der Waals surface area (Å²) < 4.78 is 6.85. The number of hydrogen-bond donors (Lipinski definition) is 0. The van der Waals surface area contributed by atoms with Crippen LogP contribution in [-0.2, 0) is 59.7 Å². The lowest BCUT2D eigenvalue weighted by Crippen LogP contribution is -2.33. The number of fused-ring (bicyclic) bond motifs is 3. The summed E-state index contributed by atoms with van der Waals surface area (Å²) in [5, 5.41) is 0. The van der Waals surface area contributed by atoms with Crippen molar-refractivity contribution < 1.29 is 13.7 Å². The first-order chi connectivity index (χ1) is 26.5. The standard InChI is InChI=1S/C18H22N.2C17H20N/c1-13-8-9-16(14(2)12-13)18-17-7-5-4-6-15(17)10-11-19(18)3;1-12-7-8-16(13(2)9-12)17-10-14-5-4-6-15(14)11-18(17)3;1-12-7-8-15(13(2)11-12)17-16-6-4-5-14(16)9-10-18(17)3/h8-12H,4-7H2,1-3H3;2*7-11H,4-6H2,1-3H3/q3*+1. The van der Waals surface area contributed by atoms with Crippen molar-refractivity contribution in [1.29, 1.82) is 0 Å². The number of pyridine rings is 3. The lowest BCUT2D eigenvalue weighted by atomic mass is 9.87. The van der Waals surface area contributed by atoms with Crippen molar-refractivity contribution in [3.8, 4) is 33.8 Å². The van der Waals surface area contributed by atoms with Gasteiger partial charge >= 0.3 is 0 Å². The third-order valence-corrected chi connectivity index (χ3v) is 12.3. The number of rotatable bonds is 3. The van der Waals surface area contributed by atoms with Crippen LogP contribution in [0.2, 0.25) is 0 Å². The second kappa shape index (κ2) is 16.5. The molecule has 0 saturated heterocycles. The molecule has 3 heteroatoms. The zero-order chi connectivity index (χ0) is 38.8. The Bertz CT molecular complexity index is 2380. The van der Waals surface area contributed by atoms with Crippen molar-refractivity contribution in [1.82, 2.24) is 0 Å². The monoisotopic (exact) mass is 728 g/mol. The molecule has 3 nitrogen and oxygen atoms in total. The molecule has 3 aromatic heterocycles. The van der Waals surface area contributed by atoms with Crippen LogP contribution in [-0.4, -0.2) is 0 Å². The second-order valence-corrected chi connectivity index (χ2v) is 16.7. The van der Waals surface area contributed by atoms with Crippen molar-refractivity contribution in [2.24, 2.45) is 21.1 Å². The van der Waals surface area contributed by atoms with E-state index in [-0.39, 0.29) is 0 Å². The van der Waals surface area contributed by atoms with Crippen LogP contribution >= 0.6 is 0 Å². The average Bonchev–Trinajstić information content (AvgIpc) is 3.83. The molecule has 3 aliphatic rings. The van der Waals surface area contributed by atoms with E-state index in [0.717, 1.165) is 0 Å². The molecule has 0 aliphatic heterocycles. The molecule has 0 unspecified atom stereocenters. The Hall–Kier alpha value is -4.89. The first kappa shape index (κ1) is 38.4. The van der Waals surface area contributed by atoms with E-state index in [1.807, 2.05) is 0 Å². The first-order valence-electron chi connectivity index (χ1n) is 20.7. The van der Waals surface area contributed by atoms with Crippen molar-refractivity contribution >= 4 is 0 Å². The highest BCUT2D eigenvalue weighted by molar-refractivity contribution is 5.68. The maximum Gasteiger partial charge on any atom is 0.216 e. The van der Waals surface area contributed by atoms with Gasteiger partial charge in [-0.1, -0.05) is 53.1 Å². The SMILES string of the molecule is Cc1ccc(-c2c3c(cc[n+]2C)CCC3)c(C)c1.Cc1ccc(-c2c3c(cc[n+]2C)CCCC3)c(C)c1.Cc1ccc(-c2cc3c(c[n+]2C)CCC3)c(C)c1. The van der Waals surface area contributed by atoms with Crippen molar-refractivity contribution in [2.75, 3.05) is 0 Å². The quantitative estimate of drug-likeness (QED) is 0.161. The molecule has 0 atom stereocenters. The predicted octanol–water partition coefficient (Wildman–Crippen LogP) is 10.2. The molecule has 3 heterocycles. The summed E-state index contributed by atoms with van der Waals surface area (Å²) in [5.74, 6) is 0. The fourth-order valence-corrected chi connectivity index (χ4v) is 9.49. The van der Waals surface area contributed by atoms with Crippen LogP contribution in [0.15, 0.2) is 91.4 Å². The molecule has 0 N–H and O–H groups in total. The van der Waals surface area contributed by atoms with Gasteiger partial charge in [0.15, 0.2) is 18.6 Å². The summed E-state index contributed by atoms with van der Waals surface area (Å²) in [6.07, 6.45) is 19.5. The van der Waals surface area contributed by atoms with Gasteiger partial charge in [0.05, 0.1) is 0 Å². The molecule has 3 aliphatic carbocycles. The summed E-state index contributed by atoms with van der Waals surface area (Å²) in [5.41, 5.74) is 25.8. The Morgan fingerprint density at radius 3 is 1.33 bits per heavy atom. The average molecular weight is 729 g/mol. The van der Waals surface area contributed by atoms with E-state index in [9.17, 15) is 0 Å². The van der Waals surface area contributed by atoms with Gasteiger partial charge in [0.2, 0.25) is 17.1 Å². The number of nitrogens with zero attached hydrogens (tertiary/aromatic N) is 3. The van der Waals surface area contributed by atoms with Crippen LogP contribution in [0.4, 0.5) is 0 Å². The Morgan fingerprint density at radius 2 is 0.800 bits per heavy atom. The zero-order valence-electron chi connectivity index (χ0n) is 35.1. The molecular weight excluding hydrogens is 667 g/mol. The van der Waals surface area contributed by atoms with Crippen LogP contribution < -0.4 is 13.7 Å². The lowest BCUT2D eigenvalue weighted by molar-refractivity contribution is -0.661. The van der Waals surface area contributed by atoms with Crippen LogP contribution in [0.25, 0.3) is 33.8 Å². The minimum atomic E-state index is 1.23. The highest BCUT2D eigenvalue weighted by Crippen LogP contribution is 2.33. The van der Waals surface area contributed by atoms with Gasteiger partial charge in [0.25, 0.3) is 0 Å². The van der Waals surface area contributed by atoms with Crippen molar-refractivity contribution in [3.05, 3.63) is 158 Å². The van der Waals surface area contributed by atoms with E-state index >= 15 is 0 Å². The Kier molecular flexibility index (Phi) is 11.5. The molecule has 0 saturated carbocycles.